The second-order valence-electron chi connectivity index (χ2n) is 7.20. The fourth-order valence-corrected chi connectivity index (χ4v) is 3.58. The minimum Gasteiger partial charge on any atom is -0.497 e. The number of carbonyl (C=O) groups is 1. The van der Waals surface area contributed by atoms with Crippen LogP contribution in [0.2, 0.25) is 0 Å². The molecule has 0 saturated heterocycles. The van der Waals surface area contributed by atoms with E-state index in [1.807, 2.05) is 60.0 Å². The molecule has 2 aromatic heterocycles. The molecule has 0 radical (unpaired) electrons. The van der Waals surface area contributed by atoms with E-state index < -0.39 is 0 Å². The van der Waals surface area contributed by atoms with Crippen LogP contribution in [0.4, 0.5) is 0 Å². The smallest absolute Gasteiger partial charge is 0.222 e. The molecule has 0 aliphatic rings. The Hall–Kier alpha value is -3.79. The monoisotopic (exact) mass is 449 g/mol. The first-order chi connectivity index (χ1) is 15.5. The van der Waals surface area contributed by atoms with Crippen molar-refractivity contribution in [2.24, 2.45) is 0 Å². The zero-order valence-electron chi connectivity index (χ0n) is 17.7. The van der Waals surface area contributed by atoms with E-state index in [-0.39, 0.29) is 18.4 Å². The van der Waals surface area contributed by atoms with Crippen LogP contribution in [0, 0.1) is 4.77 Å². The second kappa shape index (κ2) is 9.56. The van der Waals surface area contributed by atoms with Crippen molar-refractivity contribution in [1.82, 2.24) is 34.8 Å². The third kappa shape index (κ3) is 4.75. The van der Waals surface area contributed by atoms with Crippen molar-refractivity contribution in [3.8, 4) is 22.8 Å². The van der Waals surface area contributed by atoms with Gasteiger partial charge in [-0.15, -0.1) is 0 Å². The van der Waals surface area contributed by atoms with Crippen LogP contribution in [0.25, 0.3) is 17.1 Å². The Balaban J connectivity index is 1.38. The summed E-state index contributed by atoms with van der Waals surface area (Å²) < 4.78 is 9.19. The summed E-state index contributed by atoms with van der Waals surface area (Å²) in [5, 5.41) is 14.3. The maximum atomic E-state index is 12.6. The average Bonchev–Trinajstić information content (AvgIpc) is 3.48. The van der Waals surface area contributed by atoms with Crippen molar-refractivity contribution in [2.75, 3.05) is 7.11 Å². The van der Waals surface area contributed by atoms with Crippen molar-refractivity contribution in [3.05, 3.63) is 71.5 Å². The van der Waals surface area contributed by atoms with Gasteiger partial charge in [0.1, 0.15) is 18.4 Å². The van der Waals surface area contributed by atoms with E-state index in [1.54, 1.807) is 18.1 Å². The zero-order valence-corrected chi connectivity index (χ0v) is 18.5. The molecule has 4 aromatic rings. The van der Waals surface area contributed by atoms with Gasteiger partial charge in [-0.3, -0.25) is 14.5 Å². The number of hydrogen-bond acceptors (Lipinski definition) is 6. The maximum absolute atomic E-state index is 12.6. The van der Waals surface area contributed by atoms with Gasteiger partial charge in [0.05, 0.1) is 18.8 Å². The molecule has 0 saturated carbocycles. The fourth-order valence-electron chi connectivity index (χ4n) is 3.35. The van der Waals surface area contributed by atoms with Gasteiger partial charge >= 0.3 is 0 Å². The molecule has 1 unspecified atom stereocenters. The molecule has 1 atom stereocenters. The molecule has 4 rings (SSSR count). The number of benzene rings is 2. The number of amides is 1. The van der Waals surface area contributed by atoms with Gasteiger partial charge in [-0.25, -0.2) is 9.67 Å². The van der Waals surface area contributed by atoms with Gasteiger partial charge in [0.2, 0.25) is 5.91 Å². The Morgan fingerprint density at radius 2 is 1.94 bits per heavy atom. The van der Waals surface area contributed by atoms with E-state index in [2.05, 4.69) is 25.6 Å². The van der Waals surface area contributed by atoms with Crippen molar-refractivity contribution < 1.29 is 9.53 Å². The van der Waals surface area contributed by atoms with Crippen LogP contribution in [0.3, 0.4) is 0 Å². The minimum atomic E-state index is -0.134. The first-order valence-corrected chi connectivity index (χ1v) is 10.5. The number of carbonyl (C=O) groups excluding carboxylic acids is 1. The number of ether oxygens (including phenoxy) is 1. The highest BCUT2D eigenvalue weighted by Gasteiger charge is 2.13. The van der Waals surface area contributed by atoms with Crippen LogP contribution >= 0.6 is 12.2 Å². The molecule has 0 aliphatic carbocycles. The summed E-state index contributed by atoms with van der Waals surface area (Å²) in [6.45, 7) is 2.37. The van der Waals surface area contributed by atoms with Crippen molar-refractivity contribution in [3.63, 3.8) is 0 Å². The standard InChI is InChI=1S/C22H23N7O2S/c1-15(16-3-7-18(8-4-16)29-14-23-13-24-29)25-20(30)11-12-28-21(26-27-22(28)32)17-5-9-19(31-2)10-6-17/h3-10,13-15H,11-12H2,1-2H3,(H,25,30)(H,27,32). The third-order valence-corrected chi connectivity index (χ3v) is 5.43. The number of rotatable bonds is 8. The molecule has 32 heavy (non-hydrogen) atoms. The molecular formula is C22H23N7O2S. The predicted octanol–water partition coefficient (Wildman–Crippen LogP) is 3.46. The average molecular weight is 450 g/mol. The number of H-pyrrole nitrogens is 1. The normalized spacial score (nSPS) is 11.8. The number of nitrogens with zero attached hydrogens (tertiary/aromatic N) is 5. The van der Waals surface area contributed by atoms with Gasteiger partial charge in [-0.2, -0.15) is 10.2 Å². The van der Waals surface area contributed by atoms with E-state index in [0.717, 1.165) is 22.6 Å². The van der Waals surface area contributed by atoms with E-state index in [4.69, 9.17) is 17.0 Å². The summed E-state index contributed by atoms with van der Waals surface area (Å²) in [7, 11) is 1.62. The largest absolute Gasteiger partial charge is 0.497 e. The van der Waals surface area contributed by atoms with Crippen molar-refractivity contribution in [1.29, 1.82) is 0 Å². The number of aromatic amines is 1. The second-order valence-corrected chi connectivity index (χ2v) is 7.59. The molecule has 10 heteroatoms. The van der Waals surface area contributed by atoms with E-state index in [9.17, 15) is 4.79 Å². The first-order valence-electron chi connectivity index (χ1n) is 10.1. The number of aromatic nitrogens is 6. The van der Waals surface area contributed by atoms with Gasteiger partial charge in [0.25, 0.3) is 0 Å². The quantitative estimate of drug-likeness (QED) is 0.399. The molecule has 0 fully saturated rings. The first kappa shape index (κ1) is 21.4. The van der Waals surface area contributed by atoms with Crippen LogP contribution < -0.4 is 10.1 Å². The van der Waals surface area contributed by atoms with Crippen LogP contribution in [-0.4, -0.2) is 42.5 Å². The van der Waals surface area contributed by atoms with Crippen LogP contribution in [0.1, 0.15) is 24.9 Å². The molecule has 1 amide bonds. The topological polar surface area (TPSA) is 103 Å². The van der Waals surface area contributed by atoms with Crippen molar-refractivity contribution in [2.45, 2.75) is 25.9 Å². The molecule has 164 valence electrons. The molecule has 0 bridgehead atoms. The molecule has 2 heterocycles. The minimum absolute atomic E-state index is 0.0679. The highest BCUT2D eigenvalue weighted by Crippen LogP contribution is 2.21. The van der Waals surface area contributed by atoms with Crippen LogP contribution in [-0.2, 0) is 11.3 Å². The summed E-state index contributed by atoms with van der Waals surface area (Å²) in [5.74, 6) is 1.38. The Bertz CT molecular complexity index is 1230. The Labute approximate surface area is 190 Å². The predicted molar refractivity (Wildman–Crippen MR) is 122 cm³/mol. The molecule has 0 aliphatic heterocycles. The van der Waals surface area contributed by atoms with Gasteiger partial charge < -0.3 is 10.1 Å². The Morgan fingerprint density at radius 3 is 2.59 bits per heavy atom. The zero-order chi connectivity index (χ0) is 22.5. The summed E-state index contributed by atoms with van der Waals surface area (Å²) in [5.41, 5.74) is 2.80. The highest BCUT2D eigenvalue weighted by atomic mass is 32.1. The van der Waals surface area contributed by atoms with Gasteiger partial charge in [0.15, 0.2) is 10.6 Å². The van der Waals surface area contributed by atoms with E-state index in [1.165, 1.54) is 6.33 Å². The summed E-state index contributed by atoms with van der Waals surface area (Å²) in [6, 6.07) is 15.2. The van der Waals surface area contributed by atoms with E-state index in [0.29, 0.717) is 17.1 Å². The number of nitrogens with one attached hydrogen (secondary N) is 2. The molecule has 9 nitrogen and oxygen atoms in total. The molecule has 2 aromatic carbocycles. The molecule has 2 N–H and O–H groups in total. The van der Waals surface area contributed by atoms with Gasteiger partial charge in [0, 0.05) is 18.5 Å². The lowest BCUT2D eigenvalue weighted by Crippen LogP contribution is -2.27. The summed E-state index contributed by atoms with van der Waals surface area (Å²) >= 11 is 5.36. The lowest BCUT2D eigenvalue weighted by molar-refractivity contribution is -0.121. The van der Waals surface area contributed by atoms with Crippen LogP contribution in [0.15, 0.2) is 61.2 Å². The van der Waals surface area contributed by atoms with Gasteiger partial charge in [-0.1, -0.05) is 12.1 Å². The lowest BCUT2D eigenvalue weighted by Gasteiger charge is -2.15. The Morgan fingerprint density at radius 1 is 1.19 bits per heavy atom. The maximum Gasteiger partial charge on any atom is 0.222 e. The number of hydrogen-bond donors (Lipinski definition) is 2. The third-order valence-electron chi connectivity index (χ3n) is 5.12. The number of methoxy groups -OCH3 is 1. The van der Waals surface area contributed by atoms with E-state index >= 15 is 0 Å². The highest BCUT2D eigenvalue weighted by molar-refractivity contribution is 7.71. The van der Waals surface area contributed by atoms with Crippen molar-refractivity contribution >= 4 is 18.1 Å². The summed E-state index contributed by atoms with van der Waals surface area (Å²) in [6.07, 6.45) is 3.41. The fraction of sp³-hybridized carbons (Fsp3) is 0.227. The summed E-state index contributed by atoms with van der Waals surface area (Å²) in [4.78, 5) is 16.5. The SMILES string of the molecule is COc1ccc(-c2n[nH]c(=S)n2CCC(=O)NC(C)c2ccc(-n3cncn3)cc2)cc1. The molecule has 0 spiro atoms. The lowest BCUT2D eigenvalue weighted by atomic mass is 10.1. The van der Waals surface area contributed by atoms with Gasteiger partial charge in [-0.05, 0) is 61.1 Å². The Kier molecular flexibility index (Phi) is 6.41. The van der Waals surface area contributed by atoms with Crippen LogP contribution in [0.5, 0.6) is 5.75 Å². The molecular weight excluding hydrogens is 426 g/mol.